The zero-order valence-electron chi connectivity index (χ0n) is 17.7. The summed E-state index contributed by atoms with van der Waals surface area (Å²) >= 11 is 0. The van der Waals surface area contributed by atoms with E-state index in [1.807, 2.05) is 6.07 Å². The summed E-state index contributed by atoms with van der Waals surface area (Å²) in [6, 6.07) is 12.7. The van der Waals surface area contributed by atoms with E-state index in [2.05, 4.69) is 41.0 Å². The lowest BCUT2D eigenvalue weighted by atomic mass is 9.94. The van der Waals surface area contributed by atoms with Crippen molar-refractivity contribution < 1.29 is 9.21 Å². The third-order valence-electron chi connectivity index (χ3n) is 6.88. The summed E-state index contributed by atoms with van der Waals surface area (Å²) in [5.74, 6) is 1.18. The van der Waals surface area contributed by atoms with Crippen LogP contribution in [0.2, 0.25) is 0 Å². The number of aryl methyl sites for hydroxylation is 1. The van der Waals surface area contributed by atoms with Crippen molar-refractivity contribution in [2.75, 3.05) is 26.2 Å². The predicted molar refractivity (Wildman–Crippen MR) is 116 cm³/mol. The Hall–Kier alpha value is -2.07. The normalized spacial score (nSPS) is 18.9. The van der Waals surface area contributed by atoms with Crippen molar-refractivity contribution in [3.8, 4) is 0 Å². The molecule has 0 unspecified atom stereocenters. The summed E-state index contributed by atoms with van der Waals surface area (Å²) in [6.07, 6.45) is 9.86. The summed E-state index contributed by atoms with van der Waals surface area (Å²) in [6.45, 7) is 6.51. The van der Waals surface area contributed by atoms with Gasteiger partial charge in [-0.15, -0.1) is 0 Å². The fourth-order valence-corrected chi connectivity index (χ4v) is 5.00. The van der Waals surface area contributed by atoms with Crippen LogP contribution in [0.15, 0.2) is 47.1 Å². The summed E-state index contributed by atoms with van der Waals surface area (Å²) in [5.41, 5.74) is 2.86. The number of likely N-dealkylation sites (tertiary alicyclic amines) is 1. The number of carbonyl (C=O) groups excluding carboxylic acids is 1. The standard InChI is InChI=1S/C25H34N2O2/c1-20-7-2-3-8-22(20)14-17-26-15-12-21(13-16-26)19-27(23-9-4-5-10-23)25(28)24-11-6-18-29-24/h2-3,6-8,11,18,21,23H,4-5,9-10,12-17,19H2,1H3. The van der Waals surface area contributed by atoms with Crippen LogP contribution in [-0.4, -0.2) is 47.9 Å². The second-order valence-electron chi connectivity index (χ2n) is 8.83. The minimum atomic E-state index is 0.0869. The molecule has 2 aliphatic rings. The lowest BCUT2D eigenvalue weighted by Crippen LogP contribution is -2.45. The van der Waals surface area contributed by atoms with Crippen LogP contribution in [0.4, 0.5) is 0 Å². The van der Waals surface area contributed by atoms with Crippen molar-refractivity contribution in [3.63, 3.8) is 0 Å². The van der Waals surface area contributed by atoms with Crippen molar-refractivity contribution in [1.29, 1.82) is 0 Å². The molecular formula is C25H34N2O2. The van der Waals surface area contributed by atoms with E-state index in [-0.39, 0.29) is 5.91 Å². The predicted octanol–water partition coefficient (Wildman–Crippen LogP) is 4.93. The molecule has 29 heavy (non-hydrogen) atoms. The number of hydrogen-bond acceptors (Lipinski definition) is 3. The quantitative estimate of drug-likeness (QED) is 0.668. The van der Waals surface area contributed by atoms with Gasteiger partial charge in [-0.2, -0.15) is 0 Å². The van der Waals surface area contributed by atoms with Crippen LogP contribution in [0.1, 0.15) is 60.2 Å². The summed E-state index contributed by atoms with van der Waals surface area (Å²) in [7, 11) is 0. The third kappa shape index (κ3) is 5.11. The highest BCUT2D eigenvalue weighted by atomic mass is 16.3. The van der Waals surface area contributed by atoms with Gasteiger partial charge in [-0.25, -0.2) is 0 Å². The fourth-order valence-electron chi connectivity index (χ4n) is 5.00. The first kappa shape index (κ1) is 20.2. The Labute approximate surface area is 174 Å². The van der Waals surface area contributed by atoms with Crippen LogP contribution in [0.25, 0.3) is 0 Å². The summed E-state index contributed by atoms with van der Waals surface area (Å²) in [5, 5.41) is 0. The van der Waals surface area contributed by atoms with E-state index >= 15 is 0 Å². The molecule has 1 saturated heterocycles. The Morgan fingerprint density at radius 1 is 1.07 bits per heavy atom. The van der Waals surface area contributed by atoms with E-state index in [0.717, 1.165) is 45.4 Å². The molecule has 4 rings (SSSR count). The molecule has 1 aliphatic heterocycles. The molecule has 1 aromatic heterocycles. The number of nitrogens with zero attached hydrogens (tertiary/aromatic N) is 2. The van der Waals surface area contributed by atoms with Crippen LogP contribution >= 0.6 is 0 Å². The van der Waals surface area contributed by atoms with Gasteiger partial charge in [0.15, 0.2) is 5.76 Å². The molecule has 4 nitrogen and oxygen atoms in total. The zero-order valence-corrected chi connectivity index (χ0v) is 17.7. The zero-order chi connectivity index (χ0) is 20.1. The average molecular weight is 395 g/mol. The highest BCUT2D eigenvalue weighted by Crippen LogP contribution is 2.28. The molecule has 1 amide bonds. The highest BCUT2D eigenvalue weighted by molar-refractivity contribution is 5.91. The molecule has 0 atom stereocenters. The van der Waals surface area contributed by atoms with Gasteiger partial charge in [-0.3, -0.25) is 4.79 Å². The Kier molecular flexibility index (Phi) is 6.70. The van der Waals surface area contributed by atoms with Gasteiger partial charge in [0, 0.05) is 19.1 Å². The first-order chi connectivity index (χ1) is 14.2. The third-order valence-corrected chi connectivity index (χ3v) is 6.88. The molecule has 1 aliphatic carbocycles. The SMILES string of the molecule is Cc1ccccc1CCN1CCC(CN(C(=O)c2ccco2)C2CCCC2)CC1. The largest absolute Gasteiger partial charge is 0.459 e. The highest BCUT2D eigenvalue weighted by Gasteiger charge is 2.31. The maximum atomic E-state index is 13.0. The van der Waals surface area contributed by atoms with Crippen molar-refractivity contribution >= 4 is 5.91 Å². The van der Waals surface area contributed by atoms with Crippen molar-refractivity contribution in [3.05, 3.63) is 59.5 Å². The van der Waals surface area contributed by atoms with E-state index < -0.39 is 0 Å². The first-order valence-electron chi connectivity index (χ1n) is 11.3. The minimum absolute atomic E-state index is 0.0869. The van der Waals surface area contributed by atoms with Gasteiger partial charge in [0.1, 0.15) is 0 Å². The fraction of sp³-hybridized carbons (Fsp3) is 0.560. The monoisotopic (exact) mass is 394 g/mol. The smallest absolute Gasteiger partial charge is 0.289 e. The number of benzene rings is 1. The minimum Gasteiger partial charge on any atom is -0.459 e. The number of amides is 1. The van der Waals surface area contributed by atoms with E-state index in [1.165, 1.54) is 36.8 Å². The van der Waals surface area contributed by atoms with Gasteiger partial charge in [-0.1, -0.05) is 37.1 Å². The van der Waals surface area contributed by atoms with Crippen LogP contribution in [0, 0.1) is 12.8 Å². The van der Waals surface area contributed by atoms with Crippen molar-refractivity contribution in [2.45, 2.75) is 57.9 Å². The maximum Gasteiger partial charge on any atom is 0.289 e. The van der Waals surface area contributed by atoms with E-state index in [4.69, 9.17) is 4.42 Å². The maximum absolute atomic E-state index is 13.0. The van der Waals surface area contributed by atoms with Gasteiger partial charge in [-0.05, 0) is 81.3 Å². The Balaban J connectivity index is 1.30. The molecular weight excluding hydrogens is 360 g/mol. The summed E-state index contributed by atoms with van der Waals surface area (Å²) in [4.78, 5) is 17.8. The summed E-state index contributed by atoms with van der Waals surface area (Å²) < 4.78 is 5.43. The van der Waals surface area contributed by atoms with Gasteiger partial charge >= 0.3 is 0 Å². The van der Waals surface area contributed by atoms with Gasteiger partial charge in [0.05, 0.1) is 6.26 Å². The molecule has 1 aromatic carbocycles. The van der Waals surface area contributed by atoms with Crippen molar-refractivity contribution in [1.82, 2.24) is 9.80 Å². The lowest BCUT2D eigenvalue weighted by molar-refractivity contribution is 0.0567. The molecule has 1 saturated carbocycles. The number of rotatable bonds is 7. The van der Waals surface area contributed by atoms with Crippen LogP contribution in [-0.2, 0) is 6.42 Å². The van der Waals surface area contributed by atoms with E-state index in [9.17, 15) is 4.79 Å². The number of carbonyl (C=O) groups is 1. The topological polar surface area (TPSA) is 36.7 Å². The molecule has 2 fully saturated rings. The molecule has 2 heterocycles. The first-order valence-corrected chi connectivity index (χ1v) is 11.3. The van der Waals surface area contributed by atoms with Gasteiger partial charge in [0.25, 0.3) is 5.91 Å². The van der Waals surface area contributed by atoms with E-state index in [0.29, 0.717) is 17.7 Å². The molecule has 156 valence electrons. The average Bonchev–Trinajstić information content (AvgIpc) is 3.46. The van der Waals surface area contributed by atoms with Gasteiger partial charge in [0.2, 0.25) is 0 Å². The second kappa shape index (κ2) is 9.62. The van der Waals surface area contributed by atoms with Crippen LogP contribution < -0.4 is 0 Å². The molecule has 4 heteroatoms. The number of piperidine rings is 1. The molecule has 0 radical (unpaired) electrons. The molecule has 0 bridgehead atoms. The van der Waals surface area contributed by atoms with E-state index in [1.54, 1.807) is 12.3 Å². The molecule has 2 aromatic rings. The Morgan fingerprint density at radius 2 is 1.83 bits per heavy atom. The number of hydrogen-bond donors (Lipinski definition) is 0. The molecule has 0 N–H and O–H groups in total. The van der Waals surface area contributed by atoms with Gasteiger partial charge < -0.3 is 14.2 Å². The Morgan fingerprint density at radius 3 is 2.52 bits per heavy atom. The van der Waals surface area contributed by atoms with Crippen LogP contribution in [0.3, 0.4) is 0 Å². The molecule has 0 spiro atoms. The van der Waals surface area contributed by atoms with Crippen molar-refractivity contribution in [2.24, 2.45) is 5.92 Å². The number of furan rings is 1. The van der Waals surface area contributed by atoms with Crippen LogP contribution in [0.5, 0.6) is 0 Å². The lowest BCUT2D eigenvalue weighted by Gasteiger charge is -2.37. The second-order valence-corrected chi connectivity index (χ2v) is 8.83. The Bertz CT molecular complexity index is 772.